The van der Waals surface area contributed by atoms with Gasteiger partial charge in [-0.3, -0.25) is 0 Å². The summed E-state index contributed by atoms with van der Waals surface area (Å²) in [6, 6.07) is -0.148. The Bertz CT molecular complexity index is 640. The molecule has 7 heteroatoms. The van der Waals surface area contributed by atoms with E-state index in [1.54, 1.807) is 11.1 Å². The van der Waals surface area contributed by atoms with Crippen molar-refractivity contribution >= 4 is 28.7 Å². The van der Waals surface area contributed by atoms with Gasteiger partial charge in [-0.25, -0.2) is 9.78 Å². The summed E-state index contributed by atoms with van der Waals surface area (Å²) >= 11 is 3.33. The fourth-order valence-corrected chi connectivity index (χ4v) is 4.64. The third-order valence-electron chi connectivity index (χ3n) is 4.05. The number of aryl methyl sites for hydroxylation is 1. The van der Waals surface area contributed by atoms with Gasteiger partial charge in [0.15, 0.2) is 0 Å². The van der Waals surface area contributed by atoms with Crippen LogP contribution < -0.4 is 5.32 Å². The van der Waals surface area contributed by atoms with E-state index in [4.69, 9.17) is 0 Å². The highest BCUT2D eigenvalue weighted by molar-refractivity contribution is 7.10. The molecule has 1 aliphatic rings. The Balaban J connectivity index is 1.59. The molecule has 0 spiro atoms. The van der Waals surface area contributed by atoms with Crippen LogP contribution in [0.1, 0.15) is 33.9 Å². The molecular weight excluding hydrogens is 330 g/mol. The lowest BCUT2D eigenvalue weighted by atomic mass is 9.96. The normalized spacial score (nSPS) is 13.6. The molecule has 0 bridgehead atoms. The molecule has 0 radical (unpaired) electrons. The molecule has 2 aromatic rings. The van der Waals surface area contributed by atoms with E-state index in [2.05, 4.69) is 15.7 Å². The maximum absolute atomic E-state index is 12.4. The van der Waals surface area contributed by atoms with Crippen molar-refractivity contribution < 1.29 is 9.90 Å². The second kappa shape index (κ2) is 7.90. The van der Waals surface area contributed by atoms with E-state index in [1.807, 2.05) is 16.7 Å². The average molecular weight is 351 g/mol. The van der Waals surface area contributed by atoms with Crippen molar-refractivity contribution in [2.75, 3.05) is 13.2 Å². The maximum atomic E-state index is 12.4. The van der Waals surface area contributed by atoms with E-state index in [0.717, 1.165) is 11.4 Å². The lowest BCUT2D eigenvalue weighted by molar-refractivity contribution is 0.173. The third kappa shape index (κ3) is 4.10. The molecule has 0 atom stereocenters. The second-order valence-electron chi connectivity index (χ2n) is 5.60. The molecule has 2 amide bonds. The van der Waals surface area contributed by atoms with E-state index in [0.29, 0.717) is 19.6 Å². The minimum absolute atomic E-state index is 0.0490. The predicted molar refractivity (Wildman–Crippen MR) is 92.8 cm³/mol. The molecule has 0 unspecified atom stereocenters. The third-order valence-corrected chi connectivity index (χ3v) is 5.95. The molecule has 0 aromatic carbocycles. The first-order chi connectivity index (χ1) is 11.3. The molecule has 5 nitrogen and oxygen atoms in total. The number of carbonyl (C=O) groups excluding carboxylic acids is 1. The lowest BCUT2D eigenvalue weighted by Gasteiger charge is -2.21. The summed E-state index contributed by atoms with van der Waals surface area (Å²) in [7, 11) is 0. The smallest absolute Gasteiger partial charge is 0.318 e. The molecule has 0 aliphatic heterocycles. The van der Waals surface area contributed by atoms with Gasteiger partial charge in [-0.2, -0.15) is 0 Å². The molecule has 0 fully saturated rings. The summed E-state index contributed by atoms with van der Waals surface area (Å²) in [6.07, 6.45) is 6.55. The van der Waals surface area contributed by atoms with Crippen molar-refractivity contribution in [2.24, 2.45) is 0 Å². The number of hydrogen-bond acceptors (Lipinski definition) is 5. The number of aliphatic hydroxyl groups excluding tert-OH is 1. The Labute approximate surface area is 144 Å². The summed E-state index contributed by atoms with van der Waals surface area (Å²) in [5.74, 6) is 0. The topological polar surface area (TPSA) is 65.5 Å². The van der Waals surface area contributed by atoms with Gasteiger partial charge in [0.1, 0.15) is 5.01 Å². The van der Waals surface area contributed by atoms with E-state index in [-0.39, 0.29) is 12.6 Å². The highest BCUT2D eigenvalue weighted by Gasteiger charge is 2.18. The van der Waals surface area contributed by atoms with Crippen LogP contribution in [0.15, 0.2) is 17.0 Å². The number of rotatable bonds is 6. The van der Waals surface area contributed by atoms with Crippen LogP contribution in [-0.2, 0) is 25.9 Å². The predicted octanol–water partition coefficient (Wildman–Crippen LogP) is 2.79. The van der Waals surface area contributed by atoms with Crippen LogP contribution in [0.2, 0.25) is 0 Å². The van der Waals surface area contributed by atoms with E-state index < -0.39 is 0 Å². The van der Waals surface area contributed by atoms with Crippen LogP contribution in [0.4, 0.5) is 4.79 Å². The lowest BCUT2D eigenvalue weighted by Crippen LogP contribution is -2.40. The Morgan fingerprint density at radius 2 is 2.22 bits per heavy atom. The van der Waals surface area contributed by atoms with E-state index in [1.165, 1.54) is 46.6 Å². The zero-order valence-corrected chi connectivity index (χ0v) is 14.6. The molecule has 2 N–H and O–H groups in total. The quantitative estimate of drug-likeness (QED) is 0.841. The van der Waals surface area contributed by atoms with Crippen LogP contribution in [0, 0.1) is 0 Å². The molecule has 0 saturated carbocycles. The molecule has 1 aliphatic carbocycles. The zero-order chi connectivity index (χ0) is 16.1. The van der Waals surface area contributed by atoms with Gasteiger partial charge in [0.2, 0.25) is 0 Å². The van der Waals surface area contributed by atoms with Crippen molar-refractivity contribution in [1.82, 2.24) is 15.2 Å². The minimum Gasteiger partial charge on any atom is -0.395 e. The first-order valence-corrected chi connectivity index (χ1v) is 9.64. The zero-order valence-electron chi connectivity index (χ0n) is 13.0. The van der Waals surface area contributed by atoms with Crippen LogP contribution in [0.3, 0.4) is 0 Å². The number of hydrogen-bond donors (Lipinski definition) is 2. The standard InChI is InChI=1S/C16H21N3O2S2/c20-7-6-19(10-15-17-5-8-22-15)16(21)18-9-12-11-23-14-4-2-1-3-13(12)14/h5,8,11,20H,1-4,6-7,9-10H2,(H,18,21). The van der Waals surface area contributed by atoms with Crippen molar-refractivity contribution in [3.05, 3.63) is 38.0 Å². The largest absolute Gasteiger partial charge is 0.395 e. The molecule has 2 heterocycles. The van der Waals surface area contributed by atoms with E-state index in [9.17, 15) is 9.90 Å². The van der Waals surface area contributed by atoms with Crippen LogP contribution in [0.25, 0.3) is 0 Å². The summed E-state index contributed by atoms with van der Waals surface area (Å²) in [5, 5.41) is 17.1. The van der Waals surface area contributed by atoms with Gasteiger partial charge in [0.05, 0.1) is 13.2 Å². The highest BCUT2D eigenvalue weighted by Crippen LogP contribution is 2.30. The number of nitrogens with one attached hydrogen (secondary N) is 1. The number of nitrogens with zero attached hydrogens (tertiary/aromatic N) is 2. The molecule has 124 valence electrons. The maximum Gasteiger partial charge on any atom is 0.318 e. The molecule has 2 aromatic heterocycles. The van der Waals surface area contributed by atoms with Gasteiger partial charge >= 0.3 is 6.03 Å². The summed E-state index contributed by atoms with van der Waals surface area (Å²) in [5.41, 5.74) is 2.69. The van der Waals surface area contributed by atoms with Gasteiger partial charge < -0.3 is 15.3 Å². The van der Waals surface area contributed by atoms with Crippen LogP contribution >= 0.6 is 22.7 Å². The number of thiophene rings is 1. The van der Waals surface area contributed by atoms with Gasteiger partial charge in [-0.05, 0) is 42.2 Å². The second-order valence-corrected chi connectivity index (χ2v) is 7.54. The minimum atomic E-state index is -0.148. The molecule has 0 saturated heterocycles. The number of aromatic nitrogens is 1. The highest BCUT2D eigenvalue weighted by atomic mass is 32.1. The SMILES string of the molecule is O=C(NCc1csc2c1CCCC2)N(CCO)Cc1nccs1. The van der Waals surface area contributed by atoms with Crippen LogP contribution in [-0.4, -0.2) is 34.2 Å². The Morgan fingerprint density at radius 1 is 1.35 bits per heavy atom. The number of thiazole rings is 1. The molecular formula is C16H21N3O2S2. The Morgan fingerprint density at radius 3 is 3.00 bits per heavy atom. The summed E-state index contributed by atoms with van der Waals surface area (Å²) in [4.78, 5) is 19.7. The first-order valence-electron chi connectivity index (χ1n) is 7.88. The fraction of sp³-hybridized carbons (Fsp3) is 0.500. The van der Waals surface area contributed by atoms with Crippen molar-refractivity contribution in [1.29, 1.82) is 0 Å². The number of fused-ring (bicyclic) bond motifs is 1. The summed E-state index contributed by atoms with van der Waals surface area (Å²) < 4.78 is 0. The van der Waals surface area contributed by atoms with Gasteiger partial charge in [0, 0.05) is 29.5 Å². The number of urea groups is 1. The Kier molecular flexibility index (Phi) is 5.64. The van der Waals surface area contributed by atoms with Crippen LogP contribution in [0.5, 0.6) is 0 Å². The monoisotopic (exact) mass is 351 g/mol. The summed E-state index contributed by atoms with van der Waals surface area (Å²) in [6.45, 7) is 1.26. The van der Waals surface area contributed by atoms with Crippen molar-refractivity contribution in [2.45, 2.75) is 38.8 Å². The molecule has 23 heavy (non-hydrogen) atoms. The Hall–Kier alpha value is -1.44. The van der Waals surface area contributed by atoms with Gasteiger partial charge in [0.25, 0.3) is 0 Å². The van der Waals surface area contributed by atoms with Crippen molar-refractivity contribution in [3.8, 4) is 0 Å². The number of carbonyl (C=O) groups is 1. The first kappa shape index (κ1) is 16.4. The molecule has 3 rings (SSSR count). The van der Waals surface area contributed by atoms with E-state index >= 15 is 0 Å². The van der Waals surface area contributed by atoms with Gasteiger partial charge in [-0.1, -0.05) is 0 Å². The fourth-order valence-electron chi connectivity index (χ4n) is 2.86. The number of amides is 2. The number of aliphatic hydroxyl groups is 1. The van der Waals surface area contributed by atoms with Gasteiger partial charge in [-0.15, -0.1) is 22.7 Å². The van der Waals surface area contributed by atoms with Crippen molar-refractivity contribution in [3.63, 3.8) is 0 Å². The average Bonchev–Trinajstić information content (AvgIpc) is 3.22.